The van der Waals surface area contributed by atoms with Crippen LogP contribution in [0.5, 0.6) is 11.5 Å². The molecule has 2 amide bonds. The van der Waals surface area contributed by atoms with E-state index in [9.17, 15) is 14.4 Å². The molecule has 0 aromatic heterocycles. The molecule has 43 heavy (non-hydrogen) atoms. The minimum atomic E-state index is -1.14. The van der Waals surface area contributed by atoms with Crippen LogP contribution in [0.4, 0.5) is 0 Å². The second-order valence-corrected chi connectivity index (χ2v) is 11.6. The van der Waals surface area contributed by atoms with E-state index in [-0.39, 0.29) is 16.8 Å². The van der Waals surface area contributed by atoms with Gasteiger partial charge in [-0.05, 0) is 48.2 Å². The first-order valence-electron chi connectivity index (χ1n) is 14.1. The molecule has 0 unspecified atom stereocenters. The third kappa shape index (κ3) is 8.46. The minimum absolute atomic E-state index is 0.0272. The van der Waals surface area contributed by atoms with Crippen molar-refractivity contribution in [2.24, 2.45) is 0 Å². The second-order valence-electron chi connectivity index (χ2n) is 9.88. The minimum Gasteiger partial charge on any atom is -0.485 e. The normalized spacial score (nSPS) is 13.8. The highest BCUT2D eigenvalue weighted by molar-refractivity contribution is 8.26. The molecular formula is C33H34N2O6S2. The Bertz CT molecular complexity index is 1500. The number of rotatable bonds is 14. The molecule has 1 heterocycles. The number of carbonyl (C=O) groups excluding carboxylic acids is 2. The fraction of sp³-hybridized carbons (Fsp3) is 0.273. The summed E-state index contributed by atoms with van der Waals surface area (Å²) in [4.78, 5) is 40.7. The molecule has 4 rings (SSSR count). The molecule has 1 aliphatic heterocycles. The molecule has 10 heteroatoms. The molecule has 0 radical (unpaired) electrons. The summed E-state index contributed by atoms with van der Waals surface area (Å²) >= 11 is 6.28. The lowest BCUT2D eigenvalue weighted by Crippen LogP contribution is -2.33. The Hall–Kier alpha value is -4.15. The van der Waals surface area contributed by atoms with Crippen LogP contribution in [0.3, 0.4) is 0 Å². The Morgan fingerprint density at radius 3 is 2.30 bits per heavy atom. The predicted molar refractivity (Wildman–Crippen MR) is 172 cm³/mol. The van der Waals surface area contributed by atoms with E-state index in [2.05, 4.69) is 13.8 Å². The van der Waals surface area contributed by atoms with Gasteiger partial charge in [0.2, 0.25) is 0 Å². The van der Waals surface area contributed by atoms with Crippen molar-refractivity contribution in [1.29, 1.82) is 0 Å². The maximum atomic E-state index is 13.4. The molecule has 0 spiro atoms. The van der Waals surface area contributed by atoms with E-state index in [1.807, 2.05) is 59.5 Å². The van der Waals surface area contributed by atoms with Gasteiger partial charge >= 0.3 is 5.97 Å². The second kappa shape index (κ2) is 15.4. The highest BCUT2D eigenvalue weighted by Gasteiger charge is 2.33. The summed E-state index contributed by atoms with van der Waals surface area (Å²) in [5, 5.41) is 9.14. The van der Waals surface area contributed by atoms with E-state index in [0.717, 1.165) is 40.6 Å². The van der Waals surface area contributed by atoms with Crippen LogP contribution >= 0.6 is 24.0 Å². The zero-order chi connectivity index (χ0) is 30.8. The summed E-state index contributed by atoms with van der Waals surface area (Å²) in [6.07, 6.45) is 3.39. The van der Waals surface area contributed by atoms with Gasteiger partial charge in [-0.25, -0.2) is 0 Å². The molecule has 1 aliphatic rings. The van der Waals surface area contributed by atoms with Gasteiger partial charge in [-0.2, -0.15) is 0 Å². The number of thioether (sulfide) groups is 1. The first-order valence-corrected chi connectivity index (χ1v) is 15.3. The molecule has 1 N–H and O–H groups in total. The summed E-state index contributed by atoms with van der Waals surface area (Å²) in [6, 6.07) is 22.5. The van der Waals surface area contributed by atoms with Gasteiger partial charge in [-0.15, -0.1) is 0 Å². The van der Waals surface area contributed by atoms with Crippen molar-refractivity contribution in [1.82, 2.24) is 9.80 Å². The van der Waals surface area contributed by atoms with Crippen molar-refractivity contribution >= 4 is 52.2 Å². The summed E-state index contributed by atoms with van der Waals surface area (Å²) in [5.41, 5.74) is 2.98. The zero-order valence-corrected chi connectivity index (χ0v) is 25.8. The van der Waals surface area contributed by atoms with Gasteiger partial charge in [0.15, 0.2) is 11.5 Å². The number of nitrogens with zero attached hydrogens (tertiary/aromatic N) is 2. The van der Waals surface area contributed by atoms with Crippen molar-refractivity contribution in [3.63, 3.8) is 0 Å². The molecule has 0 atom stereocenters. The Morgan fingerprint density at radius 1 is 0.930 bits per heavy atom. The third-order valence-corrected chi connectivity index (χ3v) is 7.95. The van der Waals surface area contributed by atoms with E-state index in [1.54, 1.807) is 24.3 Å². The number of carboxylic acids is 1. The fourth-order valence-electron chi connectivity index (χ4n) is 4.54. The molecule has 0 aliphatic carbocycles. The fourth-order valence-corrected chi connectivity index (χ4v) is 5.80. The van der Waals surface area contributed by atoms with Gasteiger partial charge in [0.25, 0.3) is 11.8 Å². The van der Waals surface area contributed by atoms with Crippen molar-refractivity contribution < 1.29 is 29.0 Å². The monoisotopic (exact) mass is 618 g/mol. The number of amides is 2. The molecular weight excluding hydrogens is 585 g/mol. The number of hydrogen-bond acceptors (Lipinski definition) is 7. The van der Waals surface area contributed by atoms with Crippen molar-refractivity contribution in [3.8, 4) is 11.5 Å². The lowest BCUT2D eigenvalue weighted by Gasteiger charge is -2.23. The SMILES string of the molecule is CCCN(CCC)C(=O)c1ccccc1COc1cc(C=C2SC(=S)N(CC(=O)O)C2=O)ccc1OCc1ccccc1. The van der Waals surface area contributed by atoms with Gasteiger partial charge in [-0.3, -0.25) is 19.3 Å². The molecule has 0 bridgehead atoms. The standard InChI is InChI=1S/C33H34N2O6S2/c1-3-16-34(17-4-2)31(38)26-13-9-8-12-25(26)22-41-28-18-24(14-15-27(28)40-21-23-10-6-5-7-11-23)19-29-32(39)35(20-30(36)37)33(42)43-29/h5-15,18-19H,3-4,16-17,20-22H2,1-2H3,(H,36,37). The van der Waals surface area contributed by atoms with Crippen molar-refractivity contribution in [3.05, 3.63) is 100.0 Å². The number of hydrogen-bond donors (Lipinski definition) is 1. The number of ether oxygens (including phenoxy) is 2. The van der Waals surface area contributed by atoms with Crippen LogP contribution in [0, 0.1) is 0 Å². The first-order chi connectivity index (χ1) is 20.8. The topological polar surface area (TPSA) is 96.4 Å². The molecule has 1 fully saturated rings. The number of carboxylic acid groups (broad SMARTS) is 1. The van der Waals surface area contributed by atoms with E-state index < -0.39 is 18.4 Å². The molecule has 8 nitrogen and oxygen atoms in total. The number of carbonyl (C=O) groups is 3. The van der Waals surface area contributed by atoms with Crippen LogP contribution in [-0.4, -0.2) is 56.6 Å². The largest absolute Gasteiger partial charge is 0.485 e. The molecule has 0 saturated carbocycles. The maximum absolute atomic E-state index is 13.4. The Kier molecular flexibility index (Phi) is 11.4. The predicted octanol–water partition coefficient (Wildman–Crippen LogP) is 6.39. The van der Waals surface area contributed by atoms with Crippen LogP contribution in [0.25, 0.3) is 6.08 Å². The van der Waals surface area contributed by atoms with E-state index in [1.165, 1.54) is 0 Å². The van der Waals surface area contributed by atoms with Crippen molar-refractivity contribution in [2.75, 3.05) is 19.6 Å². The van der Waals surface area contributed by atoms with E-state index in [0.29, 0.717) is 47.2 Å². The highest BCUT2D eigenvalue weighted by atomic mass is 32.2. The molecule has 1 saturated heterocycles. The quantitative estimate of drug-likeness (QED) is 0.164. The summed E-state index contributed by atoms with van der Waals surface area (Å²) < 4.78 is 12.6. The summed E-state index contributed by atoms with van der Waals surface area (Å²) in [5.74, 6) is -0.686. The smallest absolute Gasteiger partial charge is 0.323 e. The molecule has 224 valence electrons. The third-order valence-electron chi connectivity index (χ3n) is 6.57. The van der Waals surface area contributed by atoms with Crippen molar-refractivity contribution in [2.45, 2.75) is 39.9 Å². The number of thiocarbonyl (C=S) groups is 1. The Balaban J connectivity index is 1.61. The van der Waals surface area contributed by atoms with Gasteiger partial charge in [-0.1, -0.05) is 92.4 Å². The lowest BCUT2D eigenvalue weighted by molar-refractivity contribution is -0.140. The summed E-state index contributed by atoms with van der Waals surface area (Å²) in [6.45, 7) is 5.43. The van der Waals surface area contributed by atoms with Crippen LogP contribution < -0.4 is 9.47 Å². The van der Waals surface area contributed by atoms with Crippen LogP contribution in [0.2, 0.25) is 0 Å². The van der Waals surface area contributed by atoms with Gasteiger partial charge in [0.05, 0.1) is 4.91 Å². The van der Waals surface area contributed by atoms with Gasteiger partial charge in [0, 0.05) is 24.2 Å². The average Bonchev–Trinajstić information content (AvgIpc) is 3.26. The highest BCUT2D eigenvalue weighted by Crippen LogP contribution is 2.35. The first kappa shape index (κ1) is 31.8. The zero-order valence-electron chi connectivity index (χ0n) is 24.2. The molecule has 3 aromatic carbocycles. The van der Waals surface area contributed by atoms with Crippen LogP contribution in [-0.2, 0) is 22.8 Å². The van der Waals surface area contributed by atoms with Crippen LogP contribution in [0.1, 0.15) is 53.7 Å². The Morgan fingerprint density at radius 2 is 1.60 bits per heavy atom. The lowest BCUT2D eigenvalue weighted by atomic mass is 10.1. The average molecular weight is 619 g/mol. The number of aliphatic carboxylic acids is 1. The van der Waals surface area contributed by atoms with Gasteiger partial charge < -0.3 is 19.5 Å². The maximum Gasteiger partial charge on any atom is 0.323 e. The van der Waals surface area contributed by atoms with Crippen LogP contribution in [0.15, 0.2) is 77.7 Å². The van der Waals surface area contributed by atoms with Gasteiger partial charge in [0.1, 0.15) is 24.1 Å². The number of benzene rings is 3. The Labute approximate surface area is 261 Å². The molecule has 3 aromatic rings. The van der Waals surface area contributed by atoms with E-state index in [4.69, 9.17) is 26.8 Å². The summed E-state index contributed by atoms with van der Waals surface area (Å²) in [7, 11) is 0. The van der Waals surface area contributed by atoms with E-state index >= 15 is 0 Å².